The van der Waals surface area contributed by atoms with E-state index in [-0.39, 0.29) is 5.56 Å². The van der Waals surface area contributed by atoms with Crippen LogP contribution < -0.4 is 5.73 Å². The molecule has 1 rings (SSSR count). The lowest BCUT2D eigenvalue weighted by Crippen LogP contribution is -1.92. The van der Waals surface area contributed by atoms with Gasteiger partial charge < -0.3 is 5.73 Å². The fraction of sp³-hybridized carbons (Fsp3) is 0.111. The van der Waals surface area contributed by atoms with Crippen LogP contribution >= 0.6 is 0 Å². The highest BCUT2D eigenvalue weighted by atomic mass is 19.1. The Morgan fingerprint density at radius 1 is 1.42 bits per heavy atom. The van der Waals surface area contributed by atoms with E-state index in [0.717, 1.165) is 18.2 Å². The summed E-state index contributed by atoms with van der Waals surface area (Å²) in [7, 11) is 0. The molecule has 1 nitrogen and oxygen atoms in total. The van der Waals surface area contributed by atoms with E-state index in [9.17, 15) is 8.78 Å². The van der Waals surface area contributed by atoms with Crippen LogP contribution in [0, 0.1) is 11.6 Å². The van der Waals surface area contributed by atoms with Gasteiger partial charge >= 0.3 is 0 Å². The fourth-order valence-electron chi connectivity index (χ4n) is 0.871. The molecule has 0 fully saturated rings. The van der Waals surface area contributed by atoms with Gasteiger partial charge in [0.1, 0.15) is 11.6 Å². The quantitative estimate of drug-likeness (QED) is 0.685. The Kier molecular flexibility index (Phi) is 2.43. The van der Waals surface area contributed by atoms with Crippen LogP contribution in [-0.4, -0.2) is 0 Å². The molecule has 2 N–H and O–H groups in total. The number of rotatable bonds is 1. The molecule has 0 spiro atoms. The molecule has 3 heteroatoms. The number of nitrogens with two attached hydrogens (primary N) is 1. The average Bonchev–Trinajstić information content (AvgIpc) is 1.96. The molecule has 0 saturated carbocycles. The van der Waals surface area contributed by atoms with Gasteiger partial charge in [0, 0.05) is 11.3 Å². The van der Waals surface area contributed by atoms with Crippen molar-refractivity contribution in [2.75, 3.05) is 0 Å². The molecule has 0 aliphatic rings. The molecule has 0 amide bonds. The molecule has 0 bridgehead atoms. The number of benzene rings is 1. The van der Waals surface area contributed by atoms with Crippen molar-refractivity contribution in [3.8, 4) is 0 Å². The number of hydrogen-bond acceptors (Lipinski definition) is 1. The van der Waals surface area contributed by atoms with Crippen molar-refractivity contribution in [1.29, 1.82) is 0 Å². The highest BCUT2D eigenvalue weighted by molar-refractivity contribution is 5.52. The second-order valence-electron chi connectivity index (χ2n) is 2.55. The second kappa shape index (κ2) is 3.34. The Hall–Kier alpha value is -1.38. The van der Waals surface area contributed by atoms with Crippen LogP contribution in [0.25, 0.3) is 6.08 Å². The molecule has 1 aromatic carbocycles. The summed E-state index contributed by atoms with van der Waals surface area (Å²) in [5.74, 6) is -0.940. The normalized spacial score (nSPS) is 11.8. The van der Waals surface area contributed by atoms with Crippen molar-refractivity contribution in [1.82, 2.24) is 0 Å². The third-order valence-corrected chi connectivity index (χ3v) is 1.34. The maximum atomic E-state index is 12.9. The lowest BCUT2D eigenvalue weighted by molar-refractivity contribution is 0.598. The molecule has 0 aliphatic heterocycles. The van der Waals surface area contributed by atoms with Gasteiger partial charge in [-0.15, -0.1) is 0 Å². The van der Waals surface area contributed by atoms with Gasteiger partial charge in [-0.3, -0.25) is 0 Å². The molecular formula is C9H9F2N. The third kappa shape index (κ3) is 2.05. The highest BCUT2D eigenvalue weighted by Gasteiger charge is 1.99. The van der Waals surface area contributed by atoms with Crippen molar-refractivity contribution in [2.45, 2.75) is 6.92 Å². The standard InChI is InChI=1S/C9H9F2N/c1-6(12)4-7-5-8(10)2-3-9(7)11/h2-5H,12H2,1H3/b6-4+. The van der Waals surface area contributed by atoms with Crippen LogP contribution in [0.2, 0.25) is 0 Å². The van der Waals surface area contributed by atoms with E-state index < -0.39 is 11.6 Å². The van der Waals surface area contributed by atoms with Crippen molar-refractivity contribution in [3.05, 3.63) is 41.1 Å². The number of hydrogen-bond donors (Lipinski definition) is 1. The fourth-order valence-corrected chi connectivity index (χ4v) is 0.871. The van der Waals surface area contributed by atoms with Gasteiger partial charge in [-0.25, -0.2) is 8.78 Å². The van der Waals surface area contributed by atoms with E-state index >= 15 is 0 Å². The molecule has 0 unspecified atom stereocenters. The summed E-state index contributed by atoms with van der Waals surface area (Å²) in [5, 5.41) is 0. The molecule has 0 heterocycles. The van der Waals surface area contributed by atoms with Crippen molar-refractivity contribution >= 4 is 6.08 Å². The summed E-state index contributed by atoms with van der Waals surface area (Å²) in [5.41, 5.74) is 5.94. The molecule has 0 aliphatic carbocycles. The summed E-state index contributed by atoms with van der Waals surface area (Å²) >= 11 is 0. The monoisotopic (exact) mass is 169 g/mol. The molecule has 64 valence electrons. The predicted molar refractivity (Wildman–Crippen MR) is 44.2 cm³/mol. The first-order valence-electron chi connectivity index (χ1n) is 3.48. The van der Waals surface area contributed by atoms with Gasteiger partial charge in [-0.1, -0.05) is 0 Å². The summed E-state index contributed by atoms with van der Waals surface area (Å²) in [6.45, 7) is 1.62. The van der Waals surface area contributed by atoms with Crippen molar-refractivity contribution in [2.24, 2.45) is 5.73 Å². The van der Waals surface area contributed by atoms with Crippen LogP contribution in [0.1, 0.15) is 12.5 Å². The lowest BCUT2D eigenvalue weighted by atomic mass is 10.2. The zero-order chi connectivity index (χ0) is 9.14. The minimum absolute atomic E-state index is 0.176. The third-order valence-electron chi connectivity index (χ3n) is 1.34. The van der Waals surface area contributed by atoms with E-state index in [1.54, 1.807) is 6.92 Å². The molecular weight excluding hydrogens is 160 g/mol. The van der Waals surface area contributed by atoms with Gasteiger partial charge in [0.25, 0.3) is 0 Å². The van der Waals surface area contributed by atoms with E-state index in [1.165, 1.54) is 6.08 Å². The van der Waals surface area contributed by atoms with Crippen molar-refractivity contribution in [3.63, 3.8) is 0 Å². The predicted octanol–water partition coefficient (Wildman–Crippen LogP) is 2.28. The van der Waals surface area contributed by atoms with Crippen LogP contribution in [0.3, 0.4) is 0 Å². The van der Waals surface area contributed by atoms with Crippen molar-refractivity contribution < 1.29 is 8.78 Å². The smallest absolute Gasteiger partial charge is 0.130 e. The first kappa shape index (κ1) is 8.71. The minimum atomic E-state index is -0.471. The van der Waals surface area contributed by atoms with E-state index in [0.29, 0.717) is 5.70 Å². The zero-order valence-electron chi connectivity index (χ0n) is 6.64. The molecule has 0 saturated heterocycles. The summed E-state index contributed by atoms with van der Waals surface area (Å²) in [4.78, 5) is 0. The Labute approximate surface area is 69.5 Å². The summed E-state index contributed by atoms with van der Waals surface area (Å²) in [6.07, 6.45) is 1.39. The van der Waals surface area contributed by atoms with E-state index in [4.69, 9.17) is 5.73 Å². The average molecular weight is 169 g/mol. The van der Waals surface area contributed by atoms with Gasteiger partial charge in [0.05, 0.1) is 0 Å². The van der Waals surface area contributed by atoms with E-state index in [1.807, 2.05) is 0 Å². The van der Waals surface area contributed by atoms with Crippen LogP contribution in [0.4, 0.5) is 8.78 Å². The maximum Gasteiger partial charge on any atom is 0.130 e. The zero-order valence-corrected chi connectivity index (χ0v) is 6.64. The summed E-state index contributed by atoms with van der Waals surface area (Å²) in [6, 6.07) is 3.24. The SMILES string of the molecule is C/C(N)=C\c1cc(F)ccc1F. The van der Waals surface area contributed by atoms with Crippen LogP contribution in [0.15, 0.2) is 23.9 Å². The molecule has 0 aromatic heterocycles. The Bertz CT molecular complexity index is 314. The van der Waals surface area contributed by atoms with Gasteiger partial charge in [0.2, 0.25) is 0 Å². The molecule has 12 heavy (non-hydrogen) atoms. The largest absolute Gasteiger partial charge is 0.402 e. The van der Waals surface area contributed by atoms with Crippen LogP contribution in [0.5, 0.6) is 0 Å². The number of allylic oxidation sites excluding steroid dienone is 1. The Morgan fingerprint density at radius 3 is 2.67 bits per heavy atom. The first-order chi connectivity index (χ1) is 5.59. The minimum Gasteiger partial charge on any atom is -0.402 e. The maximum absolute atomic E-state index is 12.9. The topological polar surface area (TPSA) is 26.0 Å². The van der Waals surface area contributed by atoms with Crippen LogP contribution in [-0.2, 0) is 0 Å². The van der Waals surface area contributed by atoms with Gasteiger partial charge in [-0.2, -0.15) is 0 Å². The van der Waals surface area contributed by atoms with E-state index in [2.05, 4.69) is 0 Å². The Balaban J connectivity index is 3.14. The lowest BCUT2D eigenvalue weighted by Gasteiger charge is -1.97. The summed E-state index contributed by atoms with van der Waals surface area (Å²) < 4.78 is 25.4. The first-order valence-corrected chi connectivity index (χ1v) is 3.48. The van der Waals surface area contributed by atoms with Gasteiger partial charge in [-0.05, 0) is 31.2 Å². The molecule has 1 aromatic rings. The second-order valence-corrected chi connectivity index (χ2v) is 2.55. The number of halogens is 2. The highest BCUT2D eigenvalue weighted by Crippen LogP contribution is 2.11. The molecule has 0 radical (unpaired) electrons. The van der Waals surface area contributed by atoms with Gasteiger partial charge in [0.15, 0.2) is 0 Å². The Morgan fingerprint density at radius 2 is 2.08 bits per heavy atom. The molecule has 0 atom stereocenters.